The van der Waals surface area contributed by atoms with E-state index in [0.717, 1.165) is 0 Å². The molecule has 0 aromatic rings. The van der Waals surface area contributed by atoms with Gasteiger partial charge in [0.25, 0.3) is 0 Å². The molecule has 0 aliphatic heterocycles. The second-order valence-corrected chi connectivity index (χ2v) is 3.60. The average Bonchev–Trinajstić information content (AvgIpc) is 2.59. The van der Waals surface area contributed by atoms with Crippen molar-refractivity contribution in [2.24, 2.45) is 17.6 Å². The zero-order valence-electron chi connectivity index (χ0n) is 9.12. The maximum absolute atomic E-state index is 11.6. The van der Waals surface area contributed by atoms with Crippen molar-refractivity contribution in [3.8, 4) is 0 Å². The fourth-order valence-corrected chi connectivity index (χ4v) is 1.90. The van der Waals surface area contributed by atoms with Crippen LogP contribution in [0.25, 0.3) is 0 Å². The third kappa shape index (κ3) is 2.26. The number of aliphatic hydroxyl groups excluding tert-OH is 1. The Balaban J connectivity index is 2.68. The molecule has 5 nitrogen and oxygen atoms in total. The lowest BCUT2D eigenvalue weighted by Crippen LogP contribution is -2.38. The van der Waals surface area contributed by atoms with Gasteiger partial charge in [0.05, 0.1) is 17.9 Å². The Kier molecular flexibility index (Phi) is 3.03. The van der Waals surface area contributed by atoms with Crippen LogP contribution in [0.1, 0.15) is 12.8 Å². The lowest BCUT2D eigenvalue weighted by Gasteiger charge is -2.14. The van der Waals surface area contributed by atoms with E-state index in [9.17, 15) is 14.7 Å². The predicted octanol–water partition coefficient (Wildman–Crippen LogP) is -1.63. The second-order valence-electron chi connectivity index (χ2n) is 3.60. The van der Waals surface area contributed by atoms with Gasteiger partial charge in [0.1, 0.15) is 0 Å². The Labute approximate surface area is 84.8 Å². The molecule has 0 unspecified atom stereocenters. The molecule has 0 radical (unpaired) electrons. The fraction of sp³-hybridized carbons (Fsp3) is 0.750. The van der Waals surface area contributed by atoms with E-state index in [-0.39, 0.29) is 12.3 Å². The van der Waals surface area contributed by atoms with Gasteiger partial charge in [0, 0.05) is 0 Å². The standard InChI is InChI=1S/C8H15BN2O3/c1-9-11-8(14)6-3-4(12)2-5(6)7(10)13/h4-6,9,12H,2-3H2,1H3,(H2,10,13)(H,11,14)/t4-,5+,6+/m1/s1/i/hD. The Hall–Kier alpha value is -1.04. The van der Waals surface area contributed by atoms with E-state index in [0.29, 0.717) is 13.8 Å². The van der Waals surface area contributed by atoms with Crippen LogP contribution in [0, 0.1) is 11.8 Å². The first-order chi connectivity index (χ1) is 7.10. The molecule has 2 amide bonds. The number of hydrogen-bond donors (Lipinski definition) is 3. The van der Waals surface area contributed by atoms with Gasteiger partial charge in [0.15, 0.2) is 1.41 Å². The zero-order chi connectivity index (χ0) is 11.4. The van der Waals surface area contributed by atoms with Crippen molar-refractivity contribution in [3.05, 3.63) is 0 Å². The largest absolute Gasteiger partial charge is 0.403 e. The van der Waals surface area contributed by atoms with Crippen LogP contribution >= 0.6 is 0 Å². The number of carbonyl (C=O) groups excluding carboxylic acids is 2. The first-order valence-electron chi connectivity index (χ1n) is 5.27. The predicted molar refractivity (Wildman–Crippen MR) is 52.6 cm³/mol. The molecule has 3 atom stereocenters. The minimum absolute atomic E-state index is 0.220. The van der Waals surface area contributed by atoms with Gasteiger partial charge in [-0.05, 0) is 12.8 Å². The maximum atomic E-state index is 11.6. The van der Waals surface area contributed by atoms with Crippen molar-refractivity contribution in [1.29, 1.82) is 0 Å². The summed E-state index contributed by atoms with van der Waals surface area (Å²) in [6.45, 7) is 1.79. The average molecular weight is 199 g/mol. The van der Waals surface area contributed by atoms with Gasteiger partial charge in [-0.3, -0.25) is 9.59 Å². The molecule has 1 fully saturated rings. The van der Waals surface area contributed by atoms with Crippen LogP contribution in [0.5, 0.6) is 0 Å². The summed E-state index contributed by atoms with van der Waals surface area (Å²) >= 11 is 0. The molecule has 1 aliphatic carbocycles. The Morgan fingerprint density at radius 3 is 2.79 bits per heavy atom. The number of rotatable bonds is 3. The minimum atomic E-state index is -0.625. The van der Waals surface area contributed by atoms with Crippen molar-refractivity contribution in [3.63, 3.8) is 0 Å². The van der Waals surface area contributed by atoms with Gasteiger partial charge < -0.3 is 16.1 Å². The topological polar surface area (TPSA) is 92.4 Å². The molecule has 0 saturated heterocycles. The van der Waals surface area contributed by atoms with Crippen LogP contribution < -0.4 is 11.0 Å². The molecule has 0 aromatic heterocycles. The highest BCUT2D eigenvalue weighted by molar-refractivity contribution is 6.35. The zero-order valence-corrected chi connectivity index (χ0v) is 8.12. The van der Waals surface area contributed by atoms with E-state index >= 15 is 0 Å². The van der Waals surface area contributed by atoms with Crippen LogP contribution in [0.15, 0.2) is 0 Å². The number of primary amides is 1. The van der Waals surface area contributed by atoms with Gasteiger partial charge in [-0.2, -0.15) is 0 Å². The highest BCUT2D eigenvalue weighted by atomic mass is 16.3. The smallest absolute Gasteiger partial charge is 0.232 e. The van der Waals surface area contributed by atoms with E-state index < -0.39 is 23.8 Å². The highest BCUT2D eigenvalue weighted by Gasteiger charge is 2.40. The molecular weight excluding hydrogens is 183 g/mol. The minimum Gasteiger partial charge on any atom is -0.403 e. The van der Waals surface area contributed by atoms with Crippen LogP contribution in [0.4, 0.5) is 0 Å². The number of carbonyl (C=O) groups is 2. The SMILES string of the molecule is [2H]NC(=O)[C@H]1C[C@@H](O)C[C@@H]1C(=O)NBC. The summed E-state index contributed by atoms with van der Waals surface area (Å²) in [6, 6.07) is 0. The normalized spacial score (nSPS) is 31.9. The second kappa shape index (κ2) is 4.46. The van der Waals surface area contributed by atoms with Crippen molar-refractivity contribution in [2.45, 2.75) is 25.8 Å². The number of amides is 2. The van der Waals surface area contributed by atoms with Crippen molar-refractivity contribution >= 4 is 19.2 Å². The molecule has 6 heteroatoms. The van der Waals surface area contributed by atoms with Crippen LogP contribution in [-0.4, -0.2) is 30.4 Å². The van der Waals surface area contributed by atoms with E-state index in [2.05, 4.69) is 5.23 Å². The van der Waals surface area contributed by atoms with Gasteiger partial charge in [-0.1, -0.05) is 6.82 Å². The van der Waals surface area contributed by atoms with Gasteiger partial charge in [0.2, 0.25) is 19.2 Å². The summed E-state index contributed by atoms with van der Waals surface area (Å²) in [5.41, 5.74) is 1.77. The molecular formula is C8H15BN2O3. The molecule has 1 rings (SSSR count). The molecule has 4 N–H and O–H groups in total. The van der Waals surface area contributed by atoms with Crippen LogP contribution in [0.2, 0.25) is 8.23 Å². The van der Waals surface area contributed by atoms with Crippen molar-refractivity contribution in [2.75, 3.05) is 0 Å². The van der Waals surface area contributed by atoms with Gasteiger partial charge in [-0.15, -0.1) is 0 Å². The summed E-state index contributed by atoms with van der Waals surface area (Å²) < 4.78 is 6.76. The van der Waals surface area contributed by atoms with E-state index in [1.54, 1.807) is 12.5 Å². The van der Waals surface area contributed by atoms with Crippen molar-refractivity contribution in [1.82, 2.24) is 5.23 Å². The van der Waals surface area contributed by atoms with Gasteiger partial charge >= 0.3 is 0 Å². The fourth-order valence-electron chi connectivity index (χ4n) is 1.90. The highest BCUT2D eigenvalue weighted by Crippen LogP contribution is 2.31. The molecule has 0 bridgehead atoms. The van der Waals surface area contributed by atoms with E-state index in [1.807, 2.05) is 0 Å². The van der Waals surface area contributed by atoms with E-state index in [4.69, 9.17) is 1.41 Å². The summed E-state index contributed by atoms with van der Waals surface area (Å²) in [6.07, 6.45) is -0.0731. The number of aliphatic hydroxyl groups is 1. The van der Waals surface area contributed by atoms with Gasteiger partial charge in [-0.25, -0.2) is 0 Å². The molecule has 1 aliphatic rings. The Bertz CT molecular complexity index is 264. The first-order valence-corrected chi connectivity index (χ1v) is 4.77. The third-order valence-corrected chi connectivity index (χ3v) is 2.56. The lowest BCUT2D eigenvalue weighted by molar-refractivity contribution is -0.131. The summed E-state index contributed by atoms with van der Waals surface area (Å²) in [5.74, 6) is -1.81. The number of hydrogen-bond acceptors (Lipinski definition) is 3. The van der Waals surface area contributed by atoms with Crippen molar-refractivity contribution < 1.29 is 16.1 Å². The molecule has 0 heterocycles. The maximum Gasteiger partial charge on any atom is 0.232 e. The molecule has 78 valence electrons. The lowest BCUT2D eigenvalue weighted by atomic mass is 9.91. The Morgan fingerprint density at radius 2 is 2.21 bits per heavy atom. The molecule has 1 saturated carbocycles. The monoisotopic (exact) mass is 199 g/mol. The van der Waals surface area contributed by atoms with Crippen LogP contribution in [-0.2, 0) is 9.59 Å². The molecule has 0 spiro atoms. The quantitative estimate of drug-likeness (QED) is 0.476. The molecule has 0 aromatic carbocycles. The van der Waals surface area contributed by atoms with E-state index in [1.165, 1.54) is 0 Å². The number of nitrogens with one attached hydrogen (secondary N) is 1. The summed E-state index contributed by atoms with van der Waals surface area (Å²) in [4.78, 5) is 22.8. The number of nitrogens with two attached hydrogens (primary N) is 1. The summed E-state index contributed by atoms with van der Waals surface area (Å²) in [5, 5.41) is 12.0. The Morgan fingerprint density at radius 1 is 1.57 bits per heavy atom. The summed E-state index contributed by atoms with van der Waals surface area (Å²) in [7, 11) is 0.501. The third-order valence-electron chi connectivity index (χ3n) is 2.56. The molecule has 14 heavy (non-hydrogen) atoms. The van der Waals surface area contributed by atoms with Crippen LogP contribution in [0.3, 0.4) is 0 Å². The first kappa shape index (κ1) is 9.52.